The maximum Gasteiger partial charge on any atom is 0.0994 e. The third-order valence-corrected chi connectivity index (χ3v) is 3.08. The standard InChI is InChI=1S/C14H20N4O/c1-2-6-12(15)13-9-18(17-16-13)10-14(19)11-7-4-3-5-8-11/h3-5,7-9,12,14,19H,2,6,10,15H2,1H3. The molecule has 1 heterocycles. The predicted molar refractivity (Wildman–Crippen MR) is 73.3 cm³/mol. The molecule has 2 unspecified atom stereocenters. The minimum atomic E-state index is -0.585. The quantitative estimate of drug-likeness (QED) is 0.830. The molecule has 0 saturated carbocycles. The molecule has 0 aliphatic rings. The summed E-state index contributed by atoms with van der Waals surface area (Å²) < 4.78 is 1.64. The minimum absolute atomic E-state index is 0.0763. The van der Waals surface area contributed by atoms with Gasteiger partial charge in [0.2, 0.25) is 0 Å². The van der Waals surface area contributed by atoms with Crippen molar-refractivity contribution in [2.75, 3.05) is 0 Å². The van der Waals surface area contributed by atoms with Crippen molar-refractivity contribution < 1.29 is 5.11 Å². The molecule has 0 bridgehead atoms. The van der Waals surface area contributed by atoms with Crippen molar-refractivity contribution in [2.24, 2.45) is 5.73 Å². The van der Waals surface area contributed by atoms with E-state index in [9.17, 15) is 5.11 Å². The summed E-state index contributed by atoms with van der Waals surface area (Å²) in [6.07, 6.45) is 3.13. The van der Waals surface area contributed by atoms with Crippen LogP contribution in [0.25, 0.3) is 0 Å². The summed E-state index contributed by atoms with van der Waals surface area (Å²) in [5, 5.41) is 18.2. The van der Waals surface area contributed by atoms with Crippen molar-refractivity contribution in [3.63, 3.8) is 0 Å². The van der Waals surface area contributed by atoms with Crippen LogP contribution in [0.3, 0.4) is 0 Å². The second-order valence-electron chi connectivity index (χ2n) is 4.69. The molecule has 0 saturated heterocycles. The first-order valence-corrected chi connectivity index (χ1v) is 6.59. The van der Waals surface area contributed by atoms with Gasteiger partial charge in [0, 0.05) is 0 Å². The van der Waals surface area contributed by atoms with Crippen LogP contribution in [0.4, 0.5) is 0 Å². The van der Waals surface area contributed by atoms with Crippen LogP contribution in [0.15, 0.2) is 36.5 Å². The molecule has 0 amide bonds. The predicted octanol–water partition coefficient (Wildman–Crippen LogP) is 1.81. The van der Waals surface area contributed by atoms with Crippen LogP contribution >= 0.6 is 0 Å². The van der Waals surface area contributed by atoms with Gasteiger partial charge in [-0.3, -0.25) is 0 Å². The minimum Gasteiger partial charge on any atom is -0.386 e. The average Bonchev–Trinajstić information content (AvgIpc) is 2.88. The molecular weight excluding hydrogens is 240 g/mol. The van der Waals surface area contributed by atoms with Crippen molar-refractivity contribution in [1.82, 2.24) is 15.0 Å². The van der Waals surface area contributed by atoms with Gasteiger partial charge in [0.1, 0.15) is 0 Å². The summed E-state index contributed by atoms with van der Waals surface area (Å²) in [6, 6.07) is 9.45. The van der Waals surface area contributed by atoms with E-state index >= 15 is 0 Å². The molecule has 5 heteroatoms. The molecule has 0 fully saturated rings. The lowest BCUT2D eigenvalue weighted by atomic mass is 10.1. The van der Waals surface area contributed by atoms with E-state index in [0.717, 1.165) is 24.1 Å². The number of hydrogen-bond acceptors (Lipinski definition) is 4. The Bertz CT molecular complexity index is 497. The lowest BCUT2D eigenvalue weighted by Crippen LogP contribution is -2.10. The van der Waals surface area contributed by atoms with E-state index in [2.05, 4.69) is 17.2 Å². The third-order valence-electron chi connectivity index (χ3n) is 3.08. The lowest BCUT2D eigenvalue weighted by Gasteiger charge is -2.10. The molecule has 0 aliphatic carbocycles. The molecule has 0 spiro atoms. The van der Waals surface area contributed by atoms with Crippen molar-refractivity contribution in [2.45, 2.75) is 38.5 Å². The molecule has 3 N–H and O–H groups in total. The largest absolute Gasteiger partial charge is 0.386 e. The van der Waals surface area contributed by atoms with Crippen LogP contribution < -0.4 is 5.73 Å². The van der Waals surface area contributed by atoms with Crippen LogP contribution in [0, 0.1) is 0 Å². The van der Waals surface area contributed by atoms with Crippen molar-refractivity contribution in [1.29, 1.82) is 0 Å². The molecular formula is C14H20N4O. The third kappa shape index (κ3) is 3.62. The van der Waals surface area contributed by atoms with Gasteiger partial charge in [-0.2, -0.15) is 0 Å². The Balaban J connectivity index is 2.00. The Morgan fingerprint density at radius 1 is 1.32 bits per heavy atom. The summed E-state index contributed by atoms with van der Waals surface area (Å²) in [5.41, 5.74) is 7.63. The van der Waals surface area contributed by atoms with Crippen LogP contribution in [-0.2, 0) is 6.54 Å². The molecule has 2 atom stereocenters. The number of nitrogens with two attached hydrogens (primary N) is 1. The highest BCUT2D eigenvalue weighted by Crippen LogP contribution is 2.16. The first-order valence-electron chi connectivity index (χ1n) is 6.59. The van der Waals surface area contributed by atoms with Gasteiger partial charge in [-0.25, -0.2) is 4.68 Å². The fourth-order valence-corrected chi connectivity index (χ4v) is 1.99. The first-order chi connectivity index (χ1) is 9.20. The van der Waals surface area contributed by atoms with Crippen LogP contribution in [0.1, 0.15) is 43.2 Å². The molecule has 0 aliphatic heterocycles. The first kappa shape index (κ1) is 13.7. The molecule has 19 heavy (non-hydrogen) atoms. The number of rotatable bonds is 6. The lowest BCUT2D eigenvalue weighted by molar-refractivity contribution is 0.150. The van der Waals surface area contributed by atoms with Gasteiger partial charge >= 0.3 is 0 Å². The smallest absolute Gasteiger partial charge is 0.0994 e. The summed E-state index contributed by atoms with van der Waals surface area (Å²) in [6.45, 7) is 2.47. The number of benzene rings is 1. The molecule has 5 nitrogen and oxygen atoms in total. The zero-order chi connectivity index (χ0) is 13.7. The van der Waals surface area contributed by atoms with Gasteiger partial charge in [-0.05, 0) is 12.0 Å². The van der Waals surface area contributed by atoms with Gasteiger partial charge in [0.15, 0.2) is 0 Å². The van der Waals surface area contributed by atoms with Gasteiger partial charge in [-0.15, -0.1) is 5.10 Å². The molecule has 102 valence electrons. The fourth-order valence-electron chi connectivity index (χ4n) is 1.99. The zero-order valence-electron chi connectivity index (χ0n) is 11.1. The Morgan fingerprint density at radius 2 is 2.05 bits per heavy atom. The Morgan fingerprint density at radius 3 is 2.74 bits per heavy atom. The second kappa shape index (κ2) is 6.45. The van der Waals surface area contributed by atoms with E-state index in [0.29, 0.717) is 6.54 Å². The number of aliphatic hydroxyl groups is 1. The fraction of sp³-hybridized carbons (Fsp3) is 0.429. The van der Waals surface area contributed by atoms with Gasteiger partial charge < -0.3 is 10.8 Å². The second-order valence-corrected chi connectivity index (χ2v) is 4.69. The summed E-state index contributed by atoms with van der Waals surface area (Å²) >= 11 is 0. The van der Waals surface area contributed by atoms with E-state index in [1.165, 1.54) is 0 Å². The maximum atomic E-state index is 10.1. The van der Waals surface area contributed by atoms with E-state index in [-0.39, 0.29) is 6.04 Å². The highest BCUT2D eigenvalue weighted by atomic mass is 16.3. The molecule has 1 aromatic carbocycles. The van der Waals surface area contributed by atoms with Crippen molar-refractivity contribution >= 4 is 0 Å². The number of aromatic nitrogens is 3. The van der Waals surface area contributed by atoms with E-state index in [1.807, 2.05) is 36.5 Å². The highest BCUT2D eigenvalue weighted by Gasteiger charge is 2.12. The van der Waals surface area contributed by atoms with E-state index in [4.69, 9.17) is 5.73 Å². The van der Waals surface area contributed by atoms with Crippen LogP contribution in [0.5, 0.6) is 0 Å². The molecule has 2 aromatic rings. The number of aliphatic hydroxyl groups excluding tert-OH is 1. The normalized spacial score (nSPS) is 14.3. The monoisotopic (exact) mass is 260 g/mol. The van der Waals surface area contributed by atoms with Gasteiger partial charge in [0.25, 0.3) is 0 Å². The maximum absolute atomic E-state index is 10.1. The van der Waals surface area contributed by atoms with Gasteiger partial charge in [0.05, 0.1) is 30.6 Å². The van der Waals surface area contributed by atoms with E-state index < -0.39 is 6.10 Å². The molecule has 1 aromatic heterocycles. The molecule has 2 rings (SSSR count). The van der Waals surface area contributed by atoms with Crippen molar-refractivity contribution in [3.05, 3.63) is 47.8 Å². The zero-order valence-corrected chi connectivity index (χ0v) is 11.1. The molecule has 0 radical (unpaired) electrons. The summed E-state index contributed by atoms with van der Waals surface area (Å²) in [5.74, 6) is 0. The summed E-state index contributed by atoms with van der Waals surface area (Å²) in [7, 11) is 0. The topological polar surface area (TPSA) is 77.0 Å². The average molecular weight is 260 g/mol. The van der Waals surface area contributed by atoms with Gasteiger partial charge in [-0.1, -0.05) is 48.9 Å². The van der Waals surface area contributed by atoms with E-state index in [1.54, 1.807) is 4.68 Å². The Hall–Kier alpha value is -1.72. The Labute approximate surface area is 113 Å². The SMILES string of the molecule is CCCC(N)c1cn(CC(O)c2ccccc2)nn1. The Kier molecular flexibility index (Phi) is 4.65. The number of nitrogens with zero attached hydrogens (tertiary/aromatic N) is 3. The van der Waals surface area contributed by atoms with Crippen LogP contribution in [0.2, 0.25) is 0 Å². The van der Waals surface area contributed by atoms with Crippen LogP contribution in [-0.4, -0.2) is 20.1 Å². The highest BCUT2D eigenvalue weighted by molar-refractivity contribution is 5.17. The number of hydrogen-bond donors (Lipinski definition) is 2. The van der Waals surface area contributed by atoms with Crippen molar-refractivity contribution in [3.8, 4) is 0 Å². The summed E-state index contributed by atoms with van der Waals surface area (Å²) in [4.78, 5) is 0.